The normalized spacial score (nSPS) is 12.3. The van der Waals surface area contributed by atoms with Crippen LogP contribution in [0.2, 0.25) is 0 Å². The summed E-state index contributed by atoms with van der Waals surface area (Å²) >= 11 is 3.61. The molecule has 1 aromatic heterocycles. The molecule has 0 unspecified atom stereocenters. The van der Waals surface area contributed by atoms with Crippen molar-refractivity contribution in [3.63, 3.8) is 0 Å². The Kier molecular flexibility index (Phi) is 9.89. The van der Waals surface area contributed by atoms with Crippen LogP contribution in [0, 0.1) is 0 Å². The van der Waals surface area contributed by atoms with Crippen molar-refractivity contribution in [2.75, 3.05) is 6.61 Å². The highest BCUT2D eigenvalue weighted by Gasteiger charge is 2.15. The predicted octanol–water partition coefficient (Wildman–Crippen LogP) is 7.53. The van der Waals surface area contributed by atoms with E-state index in [1.54, 1.807) is 0 Å². The van der Waals surface area contributed by atoms with Gasteiger partial charge in [0, 0.05) is 11.5 Å². The Labute approximate surface area is 172 Å². The Balaban J connectivity index is 1.86. The SMILES string of the molecule is CCCCCCCCOc1ccc(-c2noc([C@@H](C)CCCC)n2)cc1Br. The number of ether oxygens (including phenoxy) is 1. The Morgan fingerprint density at radius 2 is 1.78 bits per heavy atom. The van der Waals surface area contributed by atoms with E-state index in [2.05, 4.69) is 46.8 Å². The lowest BCUT2D eigenvalue weighted by Gasteiger charge is -2.09. The standard InChI is InChI=1S/C22H33BrN2O2/c1-4-6-8-9-10-11-15-26-20-14-13-18(16-19(20)23)21-24-22(27-25-21)17(3)12-7-5-2/h13-14,16-17H,4-12,15H2,1-3H3/t17-/m0/s1. The predicted molar refractivity (Wildman–Crippen MR) is 114 cm³/mol. The second-order valence-electron chi connectivity index (χ2n) is 7.26. The fourth-order valence-electron chi connectivity index (χ4n) is 3.01. The quantitative estimate of drug-likeness (QED) is 0.304. The van der Waals surface area contributed by atoms with E-state index < -0.39 is 0 Å². The molecule has 0 N–H and O–H groups in total. The van der Waals surface area contributed by atoms with Crippen LogP contribution in [-0.2, 0) is 0 Å². The lowest BCUT2D eigenvalue weighted by atomic mass is 10.0. The number of nitrogens with zero attached hydrogens (tertiary/aromatic N) is 2. The first-order valence-corrected chi connectivity index (χ1v) is 11.2. The first-order chi connectivity index (χ1) is 13.2. The average Bonchev–Trinajstić information content (AvgIpc) is 3.16. The van der Waals surface area contributed by atoms with E-state index >= 15 is 0 Å². The van der Waals surface area contributed by atoms with E-state index in [1.165, 1.54) is 44.9 Å². The number of rotatable bonds is 13. The fraction of sp³-hybridized carbons (Fsp3) is 0.636. The molecular weight excluding hydrogens is 404 g/mol. The second-order valence-corrected chi connectivity index (χ2v) is 8.12. The summed E-state index contributed by atoms with van der Waals surface area (Å²) < 4.78 is 12.3. The Morgan fingerprint density at radius 3 is 2.52 bits per heavy atom. The van der Waals surface area contributed by atoms with Gasteiger partial charge in [-0.15, -0.1) is 0 Å². The monoisotopic (exact) mass is 436 g/mol. The largest absolute Gasteiger partial charge is 0.492 e. The van der Waals surface area contributed by atoms with E-state index in [9.17, 15) is 0 Å². The van der Waals surface area contributed by atoms with Gasteiger partial charge in [-0.3, -0.25) is 0 Å². The third kappa shape index (κ3) is 7.28. The van der Waals surface area contributed by atoms with Gasteiger partial charge in [0.15, 0.2) is 0 Å². The molecule has 1 heterocycles. The summed E-state index contributed by atoms with van der Waals surface area (Å²) in [6, 6.07) is 5.97. The van der Waals surface area contributed by atoms with Gasteiger partial charge < -0.3 is 9.26 Å². The maximum atomic E-state index is 5.91. The van der Waals surface area contributed by atoms with Gasteiger partial charge in [0.2, 0.25) is 11.7 Å². The number of aromatic nitrogens is 2. The van der Waals surface area contributed by atoms with E-state index in [4.69, 9.17) is 9.26 Å². The summed E-state index contributed by atoms with van der Waals surface area (Å²) in [4.78, 5) is 4.58. The topological polar surface area (TPSA) is 48.2 Å². The Bertz CT molecular complexity index is 672. The van der Waals surface area contributed by atoms with Crippen LogP contribution < -0.4 is 4.74 Å². The summed E-state index contributed by atoms with van der Waals surface area (Å²) in [5.74, 6) is 2.52. The molecule has 0 bridgehead atoms. The summed E-state index contributed by atoms with van der Waals surface area (Å²) in [6.45, 7) is 7.33. The summed E-state index contributed by atoms with van der Waals surface area (Å²) in [5.41, 5.74) is 0.937. The molecule has 4 nitrogen and oxygen atoms in total. The number of hydrogen-bond acceptors (Lipinski definition) is 4. The van der Waals surface area contributed by atoms with Gasteiger partial charge >= 0.3 is 0 Å². The molecule has 0 saturated carbocycles. The van der Waals surface area contributed by atoms with Crippen molar-refractivity contribution in [3.05, 3.63) is 28.6 Å². The molecule has 0 fully saturated rings. The zero-order valence-electron chi connectivity index (χ0n) is 17.0. The van der Waals surface area contributed by atoms with Gasteiger partial charge in [-0.2, -0.15) is 4.98 Å². The highest BCUT2D eigenvalue weighted by atomic mass is 79.9. The lowest BCUT2D eigenvalue weighted by molar-refractivity contribution is 0.302. The third-order valence-electron chi connectivity index (χ3n) is 4.80. The van der Waals surface area contributed by atoms with Gasteiger partial charge in [-0.1, -0.05) is 70.9 Å². The molecule has 150 valence electrons. The number of halogens is 1. The van der Waals surface area contributed by atoms with Crippen LogP contribution in [-0.4, -0.2) is 16.7 Å². The second kappa shape index (κ2) is 12.2. The Morgan fingerprint density at radius 1 is 1.04 bits per heavy atom. The van der Waals surface area contributed by atoms with Crippen LogP contribution in [0.4, 0.5) is 0 Å². The van der Waals surface area contributed by atoms with Gasteiger partial charge in [-0.05, 0) is 47.0 Å². The molecule has 0 aliphatic rings. The summed E-state index contributed by atoms with van der Waals surface area (Å²) in [5, 5.41) is 4.15. The van der Waals surface area contributed by atoms with Crippen molar-refractivity contribution in [2.24, 2.45) is 0 Å². The van der Waals surface area contributed by atoms with Crippen LogP contribution in [0.25, 0.3) is 11.4 Å². The van der Waals surface area contributed by atoms with Crippen LogP contribution >= 0.6 is 15.9 Å². The van der Waals surface area contributed by atoms with Crippen molar-refractivity contribution in [3.8, 4) is 17.1 Å². The van der Waals surface area contributed by atoms with Crippen molar-refractivity contribution < 1.29 is 9.26 Å². The smallest absolute Gasteiger partial charge is 0.229 e. The zero-order valence-corrected chi connectivity index (χ0v) is 18.6. The molecule has 0 saturated heterocycles. The summed E-state index contributed by atoms with van der Waals surface area (Å²) in [6.07, 6.45) is 11.0. The molecule has 1 atom stereocenters. The number of hydrogen-bond donors (Lipinski definition) is 0. The molecule has 0 amide bonds. The minimum atomic E-state index is 0.301. The van der Waals surface area contributed by atoms with Gasteiger partial charge in [0.25, 0.3) is 0 Å². The molecule has 2 aromatic rings. The molecular formula is C22H33BrN2O2. The highest BCUT2D eigenvalue weighted by Crippen LogP contribution is 2.31. The van der Waals surface area contributed by atoms with Crippen molar-refractivity contribution in [2.45, 2.75) is 84.5 Å². The molecule has 0 spiro atoms. The molecule has 1 aromatic carbocycles. The maximum Gasteiger partial charge on any atom is 0.229 e. The molecule has 5 heteroatoms. The van der Waals surface area contributed by atoms with Gasteiger partial charge in [0.05, 0.1) is 11.1 Å². The van der Waals surface area contributed by atoms with Crippen molar-refractivity contribution in [1.29, 1.82) is 0 Å². The van der Waals surface area contributed by atoms with Gasteiger partial charge in [-0.25, -0.2) is 0 Å². The number of benzene rings is 1. The first-order valence-electron chi connectivity index (χ1n) is 10.4. The molecule has 27 heavy (non-hydrogen) atoms. The lowest BCUT2D eigenvalue weighted by Crippen LogP contribution is -1.98. The van der Waals surface area contributed by atoms with E-state index in [1.807, 2.05) is 18.2 Å². The Hall–Kier alpha value is -1.36. The van der Waals surface area contributed by atoms with Crippen molar-refractivity contribution >= 4 is 15.9 Å². The third-order valence-corrected chi connectivity index (χ3v) is 5.42. The zero-order chi connectivity index (χ0) is 19.5. The number of unbranched alkanes of at least 4 members (excludes halogenated alkanes) is 6. The maximum absolute atomic E-state index is 5.91. The van der Waals surface area contributed by atoms with Crippen molar-refractivity contribution in [1.82, 2.24) is 10.1 Å². The highest BCUT2D eigenvalue weighted by molar-refractivity contribution is 9.10. The molecule has 2 rings (SSSR count). The fourth-order valence-corrected chi connectivity index (χ4v) is 3.50. The van der Waals surface area contributed by atoms with E-state index in [-0.39, 0.29) is 0 Å². The summed E-state index contributed by atoms with van der Waals surface area (Å²) in [7, 11) is 0. The van der Waals surface area contributed by atoms with Crippen LogP contribution in [0.1, 0.15) is 90.4 Å². The van der Waals surface area contributed by atoms with Crippen LogP contribution in [0.15, 0.2) is 27.2 Å². The van der Waals surface area contributed by atoms with E-state index in [0.717, 1.165) is 41.1 Å². The molecule has 0 aliphatic carbocycles. The average molecular weight is 437 g/mol. The first kappa shape index (κ1) is 21.9. The molecule has 0 aliphatic heterocycles. The van der Waals surface area contributed by atoms with Crippen LogP contribution in [0.3, 0.4) is 0 Å². The van der Waals surface area contributed by atoms with Crippen LogP contribution in [0.5, 0.6) is 5.75 Å². The van der Waals surface area contributed by atoms with Gasteiger partial charge in [0.1, 0.15) is 5.75 Å². The minimum Gasteiger partial charge on any atom is -0.492 e. The van der Waals surface area contributed by atoms with E-state index in [0.29, 0.717) is 11.7 Å². The molecule has 0 radical (unpaired) electrons. The minimum absolute atomic E-state index is 0.301.